The number of aromatic nitrogens is 3. The van der Waals surface area contributed by atoms with Gasteiger partial charge in [0.1, 0.15) is 0 Å². The molecule has 0 saturated carbocycles. The number of anilines is 1. The molecule has 1 saturated heterocycles. The molecule has 0 radical (unpaired) electrons. The van der Waals surface area contributed by atoms with Gasteiger partial charge >= 0.3 is 0 Å². The molecular formula is C24H27ClN6O2S. The van der Waals surface area contributed by atoms with Crippen molar-refractivity contribution in [1.82, 2.24) is 24.6 Å². The molecule has 0 aliphatic carbocycles. The number of halogens is 1. The molecular weight excluding hydrogens is 472 g/mol. The van der Waals surface area contributed by atoms with Gasteiger partial charge in [-0.1, -0.05) is 53.7 Å². The minimum Gasteiger partial charge on any atom is -0.336 e. The number of likely N-dealkylation sites (N-methyl/N-ethyl adjacent to an activating group) is 1. The highest BCUT2D eigenvalue weighted by atomic mass is 35.5. The quantitative estimate of drug-likeness (QED) is 0.453. The van der Waals surface area contributed by atoms with Gasteiger partial charge in [-0.25, -0.2) is 0 Å². The number of nitrogens with zero attached hydrogens (tertiary/aromatic N) is 5. The predicted molar refractivity (Wildman–Crippen MR) is 134 cm³/mol. The van der Waals surface area contributed by atoms with Crippen molar-refractivity contribution in [2.24, 2.45) is 0 Å². The second-order valence-corrected chi connectivity index (χ2v) is 9.47. The van der Waals surface area contributed by atoms with Crippen molar-refractivity contribution in [1.29, 1.82) is 0 Å². The van der Waals surface area contributed by atoms with Crippen molar-refractivity contribution < 1.29 is 9.59 Å². The highest BCUT2D eigenvalue weighted by Gasteiger charge is 2.21. The zero-order chi connectivity index (χ0) is 23.9. The number of rotatable bonds is 9. The van der Waals surface area contributed by atoms with E-state index in [9.17, 15) is 9.59 Å². The molecule has 2 heterocycles. The van der Waals surface area contributed by atoms with E-state index >= 15 is 0 Å². The molecule has 178 valence electrons. The Morgan fingerprint density at radius 3 is 2.50 bits per heavy atom. The third kappa shape index (κ3) is 6.16. The largest absolute Gasteiger partial charge is 0.336 e. The highest BCUT2D eigenvalue weighted by molar-refractivity contribution is 7.99. The van der Waals surface area contributed by atoms with Gasteiger partial charge in [0.15, 0.2) is 11.0 Å². The summed E-state index contributed by atoms with van der Waals surface area (Å²) in [5, 5.41) is 12.6. The van der Waals surface area contributed by atoms with Crippen molar-refractivity contribution in [3.8, 4) is 5.69 Å². The Kier molecular flexibility index (Phi) is 8.21. The molecule has 2 aromatic carbocycles. The van der Waals surface area contributed by atoms with E-state index in [0.29, 0.717) is 15.9 Å². The summed E-state index contributed by atoms with van der Waals surface area (Å²) in [6.07, 6.45) is 2.40. The van der Waals surface area contributed by atoms with Gasteiger partial charge in [-0.3, -0.25) is 19.1 Å². The molecule has 8 nitrogen and oxygen atoms in total. The van der Waals surface area contributed by atoms with Gasteiger partial charge in [-0.05, 0) is 50.2 Å². The van der Waals surface area contributed by atoms with Crippen LogP contribution >= 0.6 is 23.4 Å². The molecule has 10 heteroatoms. The van der Waals surface area contributed by atoms with E-state index < -0.39 is 0 Å². The van der Waals surface area contributed by atoms with E-state index in [4.69, 9.17) is 11.6 Å². The molecule has 1 fully saturated rings. The first-order valence-electron chi connectivity index (χ1n) is 11.1. The summed E-state index contributed by atoms with van der Waals surface area (Å²) in [5.41, 5.74) is 1.48. The van der Waals surface area contributed by atoms with Gasteiger partial charge < -0.3 is 10.2 Å². The fourth-order valence-corrected chi connectivity index (χ4v) is 4.86. The van der Waals surface area contributed by atoms with Crippen molar-refractivity contribution in [3.63, 3.8) is 0 Å². The lowest BCUT2D eigenvalue weighted by atomic mass is 10.3. The maximum Gasteiger partial charge on any atom is 0.244 e. The second-order valence-electron chi connectivity index (χ2n) is 8.12. The molecule has 1 aromatic heterocycles. The van der Waals surface area contributed by atoms with Gasteiger partial charge in [0.2, 0.25) is 11.8 Å². The molecule has 1 aliphatic heterocycles. The van der Waals surface area contributed by atoms with Crippen LogP contribution in [0.5, 0.6) is 0 Å². The number of para-hydroxylation sites is 2. The van der Waals surface area contributed by atoms with Gasteiger partial charge in [0.25, 0.3) is 0 Å². The number of thioether (sulfide) groups is 1. The standard InChI is InChI=1S/C24H27ClN6O2S/c1-29(16-22(32)26-20-12-6-5-11-19(20)25)23(33)17-34-24-28-27-21(15-30-13-7-8-14-30)31(24)18-9-3-2-4-10-18/h2-6,9-12H,7-8,13-17H2,1H3,(H,26,32). The summed E-state index contributed by atoms with van der Waals surface area (Å²) in [6, 6.07) is 16.9. The topological polar surface area (TPSA) is 83.4 Å². The number of nitrogens with one attached hydrogen (secondary N) is 1. The molecule has 0 atom stereocenters. The van der Waals surface area contributed by atoms with Crippen LogP contribution in [-0.2, 0) is 16.1 Å². The Labute approximate surface area is 208 Å². The third-order valence-corrected chi connectivity index (χ3v) is 6.80. The first kappa shape index (κ1) is 24.3. The minimum absolute atomic E-state index is 0.0732. The lowest BCUT2D eigenvalue weighted by Crippen LogP contribution is -2.36. The monoisotopic (exact) mass is 498 g/mol. The van der Waals surface area contributed by atoms with Crippen LogP contribution in [-0.4, -0.2) is 68.8 Å². The van der Waals surface area contributed by atoms with Gasteiger partial charge in [-0.15, -0.1) is 10.2 Å². The molecule has 4 rings (SSSR count). The SMILES string of the molecule is CN(CC(=O)Nc1ccccc1Cl)C(=O)CSc1nnc(CN2CCCC2)n1-c1ccccc1. The Balaban J connectivity index is 1.39. The fraction of sp³-hybridized carbons (Fsp3) is 0.333. The molecule has 0 bridgehead atoms. The van der Waals surface area contributed by atoms with Gasteiger partial charge in [0.05, 0.1) is 29.6 Å². The Hall–Kier alpha value is -2.88. The summed E-state index contributed by atoms with van der Waals surface area (Å²) < 4.78 is 2.01. The summed E-state index contributed by atoms with van der Waals surface area (Å²) in [4.78, 5) is 28.9. The van der Waals surface area contributed by atoms with Crippen LogP contribution in [0.15, 0.2) is 59.8 Å². The van der Waals surface area contributed by atoms with Crippen LogP contribution < -0.4 is 5.32 Å². The Morgan fingerprint density at radius 1 is 1.06 bits per heavy atom. The molecule has 2 amide bonds. The average molecular weight is 499 g/mol. The zero-order valence-corrected chi connectivity index (χ0v) is 20.6. The molecule has 0 spiro atoms. The first-order chi connectivity index (χ1) is 16.5. The summed E-state index contributed by atoms with van der Waals surface area (Å²) in [6.45, 7) is 2.77. The first-order valence-corrected chi connectivity index (χ1v) is 12.5. The Morgan fingerprint density at radius 2 is 1.76 bits per heavy atom. The smallest absolute Gasteiger partial charge is 0.244 e. The lowest BCUT2D eigenvalue weighted by molar-refractivity contribution is -0.131. The van der Waals surface area contributed by atoms with Crippen LogP contribution in [0, 0.1) is 0 Å². The Bertz CT molecular complexity index is 1130. The number of hydrogen-bond donors (Lipinski definition) is 1. The maximum atomic E-state index is 12.7. The highest BCUT2D eigenvalue weighted by Crippen LogP contribution is 2.24. The maximum absolute atomic E-state index is 12.7. The number of carbonyl (C=O) groups excluding carboxylic acids is 2. The van der Waals surface area contributed by atoms with Crippen LogP contribution in [0.2, 0.25) is 5.02 Å². The molecule has 0 unspecified atom stereocenters. The van der Waals surface area contributed by atoms with Gasteiger partial charge in [0, 0.05) is 12.7 Å². The third-order valence-electron chi connectivity index (χ3n) is 5.56. The van der Waals surface area contributed by atoms with Crippen molar-refractivity contribution in [2.75, 3.05) is 37.8 Å². The van der Waals surface area contributed by atoms with E-state index in [1.165, 1.54) is 29.5 Å². The summed E-state index contributed by atoms with van der Waals surface area (Å²) in [7, 11) is 1.61. The van der Waals surface area contributed by atoms with E-state index in [0.717, 1.165) is 31.1 Å². The average Bonchev–Trinajstić information content (AvgIpc) is 3.49. The fourth-order valence-electron chi connectivity index (χ4n) is 3.77. The molecule has 1 aliphatic rings. The van der Waals surface area contributed by atoms with E-state index in [2.05, 4.69) is 20.4 Å². The normalized spacial score (nSPS) is 13.7. The number of carbonyl (C=O) groups is 2. The van der Waals surface area contributed by atoms with E-state index in [-0.39, 0.29) is 24.1 Å². The predicted octanol–water partition coefficient (Wildman–Crippen LogP) is 3.71. The van der Waals surface area contributed by atoms with Crippen molar-refractivity contribution in [3.05, 3.63) is 65.4 Å². The molecule has 3 aromatic rings. The lowest BCUT2D eigenvalue weighted by Gasteiger charge is -2.18. The molecule has 34 heavy (non-hydrogen) atoms. The minimum atomic E-state index is -0.311. The van der Waals surface area contributed by atoms with E-state index in [1.807, 2.05) is 34.9 Å². The number of amides is 2. The van der Waals surface area contributed by atoms with Crippen LogP contribution in [0.25, 0.3) is 5.69 Å². The number of hydrogen-bond acceptors (Lipinski definition) is 6. The van der Waals surface area contributed by atoms with Crippen LogP contribution in [0.3, 0.4) is 0 Å². The van der Waals surface area contributed by atoms with Crippen molar-refractivity contribution >= 4 is 40.9 Å². The van der Waals surface area contributed by atoms with Gasteiger partial charge in [-0.2, -0.15) is 0 Å². The molecule has 1 N–H and O–H groups in total. The van der Waals surface area contributed by atoms with Crippen LogP contribution in [0.1, 0.15) is 18.7 Å². The summed E-state index contributed by atoms with van der Waals surface area (Å²) in [5.74, 6) is 0.512. The van der Waals surface area contributed by atoms with E-state index in [1.54, 1.807) is 31.3 Å². The second kappa shape index (κ2) is 11.5. The summed E-state index contributed by atoms with van der Waals surface area (Å²) >= 11 is 7.41. The van der Waals surface area contributed by atoms with Crippen LogP contribution in [0.4, 0.5) is 5.69 Å². The number of likely N-dealkylation sites (tertiary alicyclic amines) is 1. The zero-order valence-electron chi connectivity index (χ0n) is 19.0. The number of benzene rings is 2. The van der Waals surface area contributed by atoms with Crippen molar-refractivity contribution in [2.45, 2.75) is 24.5 Å².